The van der Waals surface area contributed by atoms with Gasteiger partial charge in [0.2, 0.25) is 0 Å². The van der Waals surface area contributed by atoms with Gasteiger partial charge in [0.05, 0.1) is 37.5 Å². The molecule has 3 aromatic rings. The molecule has 0 amide bonds. The maximum absolute atomic E-state index is 14.9. The van der Waals surface area contributed by atoms with Crippen molar-refractivity contribution < 1.29 is 29.6 Å². The van der Waals surface area contributed by atoms with Crippen LogP contribution in [0.3, 0.4) is 0 Å². The molecule has 10 heteroatoms. The maximum atomic E-state index is 14.9. The van der Waals surface area contributed by atoms with Crippen molar-refractivity contribution in [2.24, 2.45) is 35.3 Å². The van der Waals surface area contributed by atoms with Crippen molar-refractivity contribution in [3.05, 3.63) is 106 Å². The van der Waals surface area contributed by atoms with Crippen LogP contribution in [-0.4, -0.2) is 70.8 Å². The Morgan fingerprint density at radius 3 is 2.49 bits per heavy atom. The number of dihydropyridines is 1. The number of carbonyl (C=O) groups is 2. The fraction of sp³-hybridized carbons (Fsp3) is 0.564. The number of carbonyl (C=O) groups excluding carboxylic acids is 2. The minimum absolute atomic E-state index is 0.00855. The predicted molar refractivity (Wildman–Crippen MR) is 257 cm³/mol. The summed E-state index contributed by atoms with van der Waals surface area (Å²) in [4.78, 5) is 32.5. The van der Waals surface area contributed by atoms with Gasteiger partial charge in [-0.05, 0) is 134 Å². The van der Waals surface area contributed by atoms with E-state index in [9.17, 15) is 24.9 Å². The van der Waals surface area contributed by atoms with E-state index < -0.39 is 29.5 Å². The average molecular weight is 887 g/mol. The number of methoxy groups -OCH3 is 1. The molecule has 350 valence electrons. The highest BCUT2D eigenvalue weighted by atomic mass is 16.5. The Labute approximate surface area is 387 Å². The highest BCUT2D eigenvalue weighted by Crippen LogP contribution is 2.51. The first-order valence-electron chi connectivity index (χ1n) is 24.5. The number of allylic oxidation sites excluding steroid dienone is 2. The van der Waals surface area contributed by atoms with E-state index >= 15 is 0 Å². The van der Waals surface area contributed by atoms with E-state index in [1.807, 2.05) is 30.3 Å². The number of phenols is 1. The van der Waals surface area contributed by atoms with Crippen molar-refractivity contribution in [3.63, 3.8) is 0 Å². The lowest BCUT2D eigenvalue weighted by atomic mass is 9.61. The Hall–Kier alpha value is -4.82. The minimum Gasteiger partial charge on any atom is -0.504 e. The monoisotopic (exact) mass is 887 g/mol. The number of aromatic hydroxyl groups is 1. The van der Waals surface area contributed by atoms with Gasteiger partial charge in [-0.15, -0.1) is 0 Å². The number of nitrogens with one attached hydrogen (secondary N) is 3. The molecule has 9 atom stereocenters. The summed E-state index contributed by atoms with van der Waals surface area (Å²) in [5, 5.41) is 40.9. The molecular formula is C55H74N4O6. The third-order valence-electron chi connectivity index (χ3n) is 15.2. The number of Topliss-reactive ketones (excluding diaryl/α,β-unsaturated/α-hetero) is 2. The maximum Gasteiger partial charge on any atom is 0.160 e. The molecule has 0 radical (unpaired) electrons. The highest BCUT2D eigenvalue weighted by Gasteiger charge is 2.49. The lowest BCUT2D eigenvalue weighted by Crippen LogP contribution is -2.48. The summed E-state index contributed by atoms with van der Waals surface area (Å²) in [6, 6.07) is 15.9. The molecule has 7 rings (SSSR count). The lowest BCUT2D eigenvalue weighted by Gasteiger charge is -2.46. The zero-order valence-corrected chi connectivity index (χ0v) is 39.2. The number of aromatic nitrogens is 1. The first kappa shape index (κ1) is 48.1. The van der Waals surface area contributed by atoms with Gasteiger partial charge in [0.15, 0.2) is 11.5 Å². The predicted octanol–water partition coefficient (Wildman–Crippen LogP) is 8.46. The van der Waals surface area contributed by atoms with Crippen LogP contribution in [0.5, 0.6) is 11.5 Å². The lowest BCUT2D eigenvalue weighted by molar-refractivity contribution is -0.130. The largest absolute Gasteiger partial charge is 0.504 e. The molecule has 2 heterocycles. The normalized spacial score (nSPS) is 25.5. The molecular weight excluding hydrogens is 813 g/mol. The topological polar surface area (TPSA) is 170 Å². The van der Waals surface area contributed by atoms with Crippen molar-refractivity contribution >= 4 is 11.6 Å². The molecule has 8 N–H and O–H groups in total. The van der Waals surface area contributed by atoms with Crippen LogP contribution in [0.25, 0.3) is 0 Å². The van der Waals surface area contributed by atoms with Crippen LogP contribution in [-0.2, 0) is 21.4 Å². The van der Waals surface area contributed by atoms with Gasteiger partial charge in [0, 0.05) is 55.2 Å². The summed E-state index contributed by atoms with van der Waals surface area (Å²) < 4.78 is 5.52. The van der Waals surface area contributed by atoms with E-state index in [0.29, 0.717) is 43.9 Å². The van der Waals surface area contributed by atoms with Crippen LogP contribution in [0, 0.1) is 41.4 Å². The smallest absolute Gasteiger partial charge is 0.160 e. The number of ketones is 2. The standard InChI is InChI=1S/C55H74N4O6/c1-5-12-46(54(64)55(20-10-7-11-21-55)52-29-43(34-59-52)35(2)32-57-33-36(3)60)42-25-38(23-37-19-22-58-53(56)26-37)24-40-16-18-45(39-13-8-6-9-14-39)47-31-50(63)51(65-4)28-41(47)15-17-44(61)30-49(62)48(40)27-42/h6,8-9,13-14,19,26,28-29,31,34-36,38,40,42,45-46,48,54,57-60,63-64H,5,7,10-12,15,17,20-25,27,30,32-33,56H2,1-4H3. The number of aryl methyl sites for hydroxylation is 1. The minimum atomic E-state index is -0.647. The van der Waals surface area contributed by atoms with Crippen molar-refractivity contribution in [1.29, 1.82) is 0 Å². The number of rotatable bonds is 15. The summed E-state index contributed by atoms with van der Waals surface area (Å²) in [7, 11) is 1.52. The number of H-pyrrole nitrogens is 1. The molecule has 1 aromatic heterocycles. The number of phenolic OH excluding ortho intramolecular Hbond substituents is 1. The summed E-state index contributed by atoms with van der Waals surface area (Å²) >= 11 is 0. The van der Waals surface area contributed by atoms with Crippen LogP contribution in [0.4, 0.5) is 0 Å². The second kappa shape index (κ2) is 22.1. The number of hydrogen-bond acceptors (Lipinski definition) is 9. The molecule has 10 nitrogen and oxygen atoms in total. The molecule has 9 unspecified atom stereocenters. The van der Waals surface area contributed by atoms with Crippen molar-refractivity contribution in [1.82, 2.24) is 15.6 Å². The quantitative estimate of drug-likeness (QED) is 0.0585. The Morgan fingerprint density at radius 1 is 0.985 bits per heavy atom. The van der Waals surface area contributed by atoms with Crippen LogP contribution in [0.1, 0.15) is 144 Å². The number of ether oxygens (including phenoxy) is 1. The molecule has 2 fully saturated rings. The fourth-order valence-electron chi connectivity index (χ4n) is 11.8. The summed E-state index contributed by atoms with van der Waals surface area (Å²) in [6.07, 6.45) is 15.3. The number of hydrogen-bond donors (Lipinski definition) is 7. The first-order chi connectivity index (χ1) is 31.4. The molecule has 65 heavy (non-hydrogen) atoms. The molecule has 0 bridgehead atoms. The highest BCUT2D eigenvalue weighted by molar-refractivity contribution is 6.00. The second-order valence-electron chi connectivity index (χ2n) is 19.9. The third-order valence-corrected chi connectivity index (χ3v) is 15.2. The fourth-order valence-corrected chi connectivity index (χ4v) is 11.8. The second-order valence-corrected chi connectivity index (χ2v) is 19.9. The number of aliphatic hydroxyl groups excluding tert-OH is 2. The number of fused-ring (bicyclic) bond motifs is 2. The van der Waals surface area contributed by atoms with E-state index in [1.165, 1.54) is 18.2 Å². The van der Waals surface area contributed by atoms with Crippen LogP contribution in [0.2, 0.25) is 0 Å². The summed E-state index contributed by atoms with van der Waals surface area (Å²) in [5.74, 6) is 7.36. The van der Waals surface area contributed by atoms with Crippen LogP contribution < -0.4 is 21.1 Å². The SMILES string of the molecule is CCCC(C1CC(CC2=CCNC(N)=C2)CC2C#CC(c3ccccc3)c3cc(O)c(OC)cc3CCC(=O)CC(=O)C2C1)C(O)C1(c2cc(C(C)CNCC(C)O)c[nH]2)CCCCC1. The molecule has 2 saturated carbocycles. The number of aliphatic hydroxyl groups is 2. The Balaban J connectivity index is 1.30. The van der Waals surface area contributed by atoms with E-state index in [0.717, 1.165) is 86.7 Å². The molecule has 4 aliphatic rings. The van der Waals surface area contributed by atoms with Crippen molar-refractivity contribution in [2.45, 2.75) is 140 Å². The van der Waals surface area contributed by atoms with E-state index in [4.69, 9.17) is 10.5 Å². The van der Waals surface area contributed by atoms with Gasteiger partial charge in [-0.1, -0.05) is 87.8 Å². The number of nitrogens with two attached hydrogens (primary N) is 1. The zero-order valence-electron chi connectivity index (χ0n) is 39.2. The summed E-state index contributed by atoms with van der Waals surface area (Å²) in [5.41, 5.74) is 12.0. The van der Waals surface area contributed by atoms with Gasteiger partial charge < -0.3 is 41.4 Å². The molecule has 1 aliphatic heterocycles. The van der Waals surface area contributed by atoms with Crippen molar-refractivity contribution in [2.75, 3.05) is 26.7 Å². The number of benzene rings is 2. The van der Waals surface area contributed by atoms with Gasteiger partial charge >= 0.3 is 0 Å². The average Bonchev–Trinajstić information content (AvgIpc) is 3.73. The van der Waals surface area contributed by atoms with Gasteiger partial charge in [0.25, 0.3) is 0 Å². The van der Waals surface area contributed by atoms with E-state index in [-0.39, 0.29) is 59.7 Å². The summed E-state index contributed by atoms with van der Waals surface area (Å²) in [6.45, 7) is 8.12. The van der Waals surface area contributed by atoms with E-state index in [2.05, 4.69) is 71.8 Å². The van der Waals surface area contributed by atoms with Crippen LogP contribution in [0.15, 0.2) is 78.3 Å². The van der Waals surface area contributed by atoms with Crippen molar-refractivity contribution in [3.8, 4) is 23.3 Å². The Bertz CT molecular complexity index is 2210. The van der Waals surface area contributed by atoms with Gasteiger partial charge in [-0.25, -0.2) is 0 Å². The Kier molecular flexibility index (Phi) is 16.4. The van der Waals surface area contributed by atoms with Gasteiger partial charge in [-0.2, -0.15) is 0 Å². The van der Waals surface area contributed by atoms with Gasteiger partial charge in [-0.3, -0.25) is 9.59 Å². The zero-order chi connectivity index (χ0) is 46.1. The van der Waals surface area contributed by atoms with Crippen LogP contribution >= 0.6 is 0 Å². The molecule has 0 spiro atoms. The number of aromatic amines is 1. The molecule has 0 saturated heterocycles. The van der Waals surface area contributed by atoms with Gasteiger partial charge in [0.1, 0.15) is 11.6 Å². The molecule has 2 aromatic carbocycles. The van der Waals surface area contributed by atoms with E-state index in [1.54, 1.807) is 13.0 Å². The first-order valence-corrected chi connectivity index (χ1v) is 24.5. The Morgan fingerprint density at radius 2 is 1.77 bits per heavy atom. The molecule has 3 aliphatic carbocycles. The third kappa shape index (κ3) is 11.6.